The summed E-state index contributed by atoms with van der Waals surface area (Å²) in [6.07, 6.45) is 3.37. The Balaban J connectivity index is 1.41. The third kappa shape index (κ3) is 3.57. The van der Waals surface area contributed by atoms with Crippen molar-refractivity contribution in [3.63, 3.8) is 0 Å². The Morgan fingerprint density at radius 1 is 0.962 bits per heavy atom. The van der Waals surface area contributed by atoms with E-state index in [2.05, 4.69) is 20.5 Å². The van der Waals surface area contributed by atoms with Crippen molar-refractivity contribution < 1.29 is 9.53 Å². The van der Waals surface area contributed by atoms with Crippen LogP contribution in [0.5, 0.6) is 0 Å². The molecule has 0 saturated carbocycles. The molecule has 0 bridgehead atoms. The van der Waals surface area contributed by atoms with Gasteiger partial charge in [-0.3, -0.25) is 4.79 Å². The number of hydrogen-bond acceptors (Lipinski definition) is 5. The number of morpholine rings is 1. The van der Waals surface area contributed by atoms with Gasteiger partial charge < -0.3 is 15.0 Å². The molecule has 1 amide bonds. The molecule has 1 N–H and O–H groups in total. The number of amides is 1. The van der Waals surface area contributed by atoms with Crippen LogP contribution in [-0.2, 0) is 4.74 Å². The van der Waals surface area contributed by atoms with E-state index in [9.17, 15) is 4.79 Å². The fourth-order valence-corrected chi connectivity index (χ4v) is 2.89. The Bertz CT molecular complexity index is 854. The van der Waals surface area contributed by atoms with Crippen molar-refractivity contribution in [1.29, 1.82) is 0 Å². The summed E-state index contributed by atoms with van der Waals surface area (Å²) in [5.74, 6) is -0.144. The van der Waals surface area contributed by atoms with Gasteiger partial charge in [0.15, 0.2) is 0 Å². The lowest BCUT2D eigenvalue weighted by atomic mass is 10.2. The molecular formula is C19H19N5O2. The minimum atomic E-state index is -0.144. The van der Waals surface area contributed by atoms with Gasteiger partial charge in [0.25, 0.3) is 5.91 Å². The first kappa shape index (κ1) is 16.3. The first-order valence-corrected chi connectivity index (χ1v) is 8.50. The van der Waals surface area contributed by atoms with Crippen LogP contribution in [-0.4, -0.2) is 47.2 Å². The zero-order valence-electron chi connectivity index (χ0n) is 14.2. The Morgan fingerprint density at radius 2 is 1.65 bits per heavy atom. The first-order chi connectivity index (χ1) is 12.8. The number of ether oxygens (including phenoxy) is 1. The lowest BCUT2D eigenvalue weighted by molar-refractivity contribution is 0.102. The average molecular weight is 349 g/mol. The van der Waals surface area contributed by atoms with Gasteiger partial charge >= 0.3 is 0 Å². The van der Waals surface area contributed by atoms with E-state index in [-0.39, 0.29) is 5.91 Å². The van der Waals surface area contributed by atoms with E-state index in [4.69, 9.17) is 4.74 Å². The summed E-state index contributed by atoms with van der Waals surface area (Å²) in [5.41, 5.74) is 3.36. The standard InChI is InChI=1S/C19H19N5O2/c25-19(15-1-5-18(6-2-15)24-10-9-20-22-24)21-16-3-7-17(8-4-16)23-11-13-26-14-12-23/h1-10H,11-14H2,(H,21,25). The highest BCUT2D eigenvalue weighted by Crippen LogP contribution is 2.19. The molecule has 132 valence electrons. The molecule has 3 aromatic rings. The lowest BCUT2D eigenvalue weighted by Gasteiger charge is -2.28. The van der Waals surface area contributed by atoms with Crippen molar-refractivity contribution >= 4 is 17.3 Å². The molecule has 2 aromatic carbocycles. The van der Waals surface area contributed by atoms with Crippen LogP contribution in [0.4, 0.5) is 11.4 Å². The molecule has 1 aromatic heterocycles. The predicted molar refractivity (Wildman–Crippen MR) is 98.8 cm³/mol. The molecule has 0 atom stereocenters. The smallest absolute Gasteiger partial charge is 0.255 e. The predicted octanol–water partition coefficient (Wildman–Crippen LogP) is 2.36. The number of nitrogens with zero attached hydrogens (tertiary/aromatic N) is 4. The van der Waals surface area contributed by atoms with Gasteiger partial charge in [0.1, 0.15) is 0 Å². The lowest BCUT2D eigenvalue weighted by Crippen LogP contribution is -2.36. The average Bonchev–Trinajstić information content (AvgIpc) is 3.24. The first-order valence-electron chi connectivity index (χ1n) is 8.50. The molecular weight excluding hydrogens is 330 g/mol. The van der Waals surface area contributed by atoms with Crippen molar-refractivity contribution in [2.45, 2.75) is 0 Å². The summed E-state index contributed by atoms with van der Waals surface area (Å²) < 4.78 is 7.02. The fraction of sp³-hybridized carbons (Fsp3) is 0.211. The second-order valence-corrected chi connectivity index (χ2v) is 5.99. The molecule has 0 unspecified atom stereocenters. The molecule has 0 aliphatic carbocycles. The number of rotatable bonds is 4. The molecule has 0 spiro atoms. The van der Waals surface area contributed by atoms with Gasteiger partial charge in [0.05, 0.1) is 31.3 Å². The number of aromatic nitrogens is 3. The van der Waals surface area contributed by atoms with Crippen molar-refractivity contribution in [1.82, 2.24) is 15.0 Å². The van der Waals surface area contributed by atoms with Gasteiger partial charge in [-0.2, -0.15) is 0 Å². The van der Waals surface area contributed by atoms with E-state index in [1.54, 1.807) is 29.2 Å². The molecule has 1 fully saturated rings. The second-order valence-electron chi connectivity index (χ2n) is 5.99. The zero-order valence-corrected chi connectivity index (χ0v) is 14.2. The van der Waals surface area contributed by atoms with Crippen molar-refractivity contribution in [3.05, 3.63) is 66.5 Å². The summed E-state index contributed by atoms with van der Waals surface area (Å²) in [4.78, 5) is 14.7. The molecule has 1 aliphatic rings. The highest BCUT2D eigenvalue weighted by Gasteiger charge is 2.11. The van der Waals surface area contributed by atoms with Crippen LogP contribution in [0.15, 0.2) is 60.9 Å². The third-order valence-electron chi connectivity index (χ3n) is 4.32. The maximum absolute atomic E-state index is 12.4. The minimum Gasteiger partial charge on any atom is -0.378 e. The highest BCUT2D eigenvalue weighted by atomic mass is 16.5. The van der Waals surface area contributed by atoms with Crippen LogP contribution < -0.4 is 10.2 Å². The molecule has 7 nitrogen and oxygen atoms in total. The van der Waals surface area contributed by atoms with Crippen LogP contribution >= 0.6 is 0 Å². The van der Waals surface area contributed by atoms with Gasteiger partial charge in [-0.05, 0) is 48.5 Å². The number of carbonyl (C=O) groups is 1. The maximum Gasteiger partial charge on any atom is 0.255 e. The Labute approximate surface area is 151 Å². The molecule has 0 radical (unpaired) electrons. The fourth-order valence-electron chi connectivity index (χ4n) is 2.89. The number of benzene rings is 2. The summed E-state index contributed by atoms with van der Waals surface area (Å²) in [6, 6.07) is 15.1. The Hall–Kier alpha value is -3.19. The summed E-state index contributed by atoms with van der Waals surface area (Å²) >= 11 is 0. The summed E-state index contributed by atoms with van der Waals surface area (Å²) in [6.45, 7) is 3.29. The van der Waals surface area contributed by atoms with Gasteiger partial charge in [-0.15, -0.1) is 5.10 Å². The van der Waals surface area contributed by atoms with Crippen LogP contribution in [0.25, 0.3) is 5.69 Å². The quantitative estimate of drug-likeness (QED) is 0.783. The molecule has 7 heteroatoms. The molecule has 4 rings (SSSR count). The normalized spacial score (nSPS) is 14.2. The number of nitrogens with one attached hydrogen (secondary N) is 1. The molecule has 26 heavy (non-hydrogen) atoms. The minimum absolute atomic E-state index is 0.144. The van der Waals surface area contributed by atoms with Crippen LogP contribution in [0.3, 0.4) is 0 Å². The van der Waals surface area contributed by atoms with Crippen molar-refractivity contribution in [2.75, 3.05) is 36.5 Å². The van der Waals surface area contributed by atoms with E-state index >= 15 is 0 Å². The monoisotopic (exact) mass is 349 g/mol. The highest BCUT2D eigenvalue weighted by molar-refractivity contribution is 6.04. The van der Waals surface area contributed by atoms with Gasteiger partial charge in [0.2, 0.25) is 0 Å². The van der Waals surface area contributed by atoms with E-state index in [0.717, 1.165) is 43.4 Å². The Kier molecular flexibility index (Phi) is 4.61. The largest absolute Gasteiger partial charge is 0.378 e. The summed E-state index contributed by atoms with van der Waals surface area (Å²) in [7, 11) is 0. The third-order valence-corrected chi connectivity index (χ3v) is 4.32. The molecule has 2 heterocycles. The van der Waals surface area contributed by atoms with Crippen LogP contribution in [0, 0.1) is 0 Å². The van der Waals surface area contributed by atoms with E-state index < -0.39 is 0 Å². The van der Waals surface area contributed by atoms with Crippen LogP contribution in [0.2, 0.25) is 0 Å². The van der Waals surface area contributed by atoms with Gasteiger partial charge in [0, 0.05) is 30.0 Å². The zero-order chi connectivity index (χ0) is 17.8. The topological polar surface area (TPSA) is 72.3 Å². The van der Waals surface area contributed by atoms with E-state index in [1.807, 2.05) is 36.4 Å². The van der Waals surface area contributed by atoms with Crippen molar-refractivity contribution in [3.8, 4) is 5.69 Å². The van der Waals surface area contributed by atoms with Crippen LogP contribution in [0.1, 0.15) is 10.4 Å². The Morgan fingerprint density at radius 3 is 2.31 bits per heavy atom. The number of anilines is 2. The second kappa shape index (κ2) is 7.37. The molecule has 1 saturated heterocycles. The van der Waals surface area contributed by atoms with E-state index in [0.29, 0.717) is 5.56 Å². The maximum atomic E-state index is 12.4. The van der Waals surface area contributed by atoms with E-state index in [1.165, 1.54) is 0 Å². The summed E-state index contributed by atoms with van der Waals surface area (Å²) in [5, 5.41) is 10.6. The van der Waals surface area contributed by atoms with Gasteiger partial charge in [-0.25, -0.2) is 4.68 Å². The SMILES string of the molecule is O=C(Nc1ccc(N2CCOCC2)cc1)c1ccc(-n2ccnn2)cc1. The molecule has 1 aliphatic heterocycles. The number of hydrogen-bond donors (Lipinski definition) is 1. The van der Waals surface area contributed by atoms with Crippen molar-refractivity contribution in [2.24, 2.45) is 0 Å². The van der Waals surface area contributed by atoms with Gasteiger partial charge in [-0.1, -0.05) is 5.21 Å². The number of carbonyl (C=O) groups excluding carboxylic acids is 1.